The smallest absolute Gasteiger partial charge is 0.399 e. The lowest BCUT2D eigenvalue weighted by Gasteiger charge is -2.32. The van der Waals surface area contributed by atoms with Crippen LogP contribution in [0.3, 0.4) is 0 Å². The Hall–Kier alpha value is -1.05. The van der Waals surface area contributed by atoms with Crippen molar-refractivity contribution < 1.29 is 17.7 Å². The van der Waals surface area contributed by atoms with Crippen LogP contribution in [0, 0.1) is 0 Å². The number of hydrogen-bond acceptors (Lipinski definition) is 4. The Labute approximate surface area is 132 Å². The minimum Gasteiger partial charge on any atom is -0.399 e. The van der Waals surface area contributed by atoms with Crippen molar-refractivity contribution in [3.8, 4) is 0 Å². The number of sulfonamides is 1. The maximum absolute atomic E-state index is 12.0. The molecule has 2 aliphatic heterocycles. The van der Waals surface area contributed by atoms with Gasteiger partial charge in [-0.1, -0.05) is 12.1 Å². The minimum absolute atomic E-state index is 0.228. The Morgan fingerprint density at radius 2 is 1.59 bits per heavy atom. The fourth-order valence-corrected chi connectivity index (χ4v) is 4.27. The lowest BCUT2D eigenvalue weighted by Crippen LogP contribution is -2.41. The third kappa shape index (κ3) is 2.55. The fourth-order valence-electron chi connectivity index (χ4n) is 2.71. The molecule has 2 saturated heterocycles. The van der Waals surface area contributed by atoms with E-state index < -0.39 is 17.1 Å². The van der Waals surface area contributed by atoms with Gasteiger partial charge in [-0.05, 0) is 51.7 Å². The maximum atomic E-state index is 12.0. The quantitative estimate of drug-likeness (QED) is 0.775. The molecule has 3 rings (SSSR count). The first kappa shape index (κ1) is 15.8. The number of rotatable bonds is 2. The monoisotopic (exact) mass is 323 g/mol. The summed E-state index contributed by atoms with van der Waals surface area (Å²) in [5.74, 6) is 0.228. The summed E-state index contributed by atoms with van der Waals surface area (Å²) in [6, 6.07) is 7.41. The van der Waals surface area contributed by atoms with E-state index in [4.69, 9.17) is 9.31 Å². The molecule has 1 aromatic rings. The summed E-state index contributed by atoms with van der Waals surface area (Å²) in [5.41, 5.74) is 0.847. The third-order valence-electron chi connectivity index (χ3n) is 4.81. The van der Waals surface area contributed by atoms with Crippen LogP contribution >= 0.6 is 0 Å². The number of nitrogens with zero attached hydrogens (tertiary/aromatic N) is 1. The standard InChI is InChI=1S/C15H22BNO4S/c1-14(2)15(3,4)21-16(20-14)12-6-8-13(9-7-12)17-10-5-11-22(17,18)19/h6-9H,5,10-11H2,1-4H3. The molecule has 2 aliphatic rings. The van der Waals surface area contributed by atoms with E-state index in [1.54, 1.807) is 0 Å². The molecule has 1 aromatic carbocycles. The van der Waals surface area contributed by atoms with Crippen LogP contribution in [0.1, 0.15) is 34.1 Å². The van der Waals surface area contributed by atoms with E-state index >= 15 is 0 Å². The molecular formula is C15H22BNO4S. The number of benzene rings is 1. The molecule has 0 unspecified atom stereocenters. The van der Waals surface area contributed by atoms with Gasteiger partial charge in [0.15, 0.2) is 0 Å². The zero-order valence-electron chi connectivity index (χ0n) is 13.5. The third-order valence-corrected chi connectivity index (χ3v) is 6.68. The van der Waals surface area contributed by atoms with Gasteiger partial charge >= 0.3 is 7.12 Å². The van der Waals surface area contributed by atoms with Crippen molar-refractivity contribution >= 4 is 28.3 Å². The predicted molar refractivity (Wildman–Crippen MR) is 87.9 cm³/mol. The van der Waals surface area contributed by atoms with Crippen LogP contribution in [0.2, 0.25) is 0 Å². The average Bonchev–Trinajstić information content (AvgIpc) is 2.86. The first-order chi connectivity index (χ1) is 10.1. The highest BCUT2D eigenvalue weighted by Crippen LogP contribution is 2.36. The molecule has 0 atom stereocenters. The van der Waals surface area contributed by atoms with Crippen LogP contribution in [-0.4, -0.2) is 39.0 Å². The van der Waals surface area contributed by atoms with E-state index in [0.717, 1.165) is 5.46 Å². The Balaban J connectivity index is 1.82. The molecule has 0 spiro atoms. The van der Waals surface area contributed by atoms with Gasteiger partial charge in [0.05, 0.1) is 22.6 Å². The molecule has 0 radical (unpaired) electrons. The van der Waals surface area contributed by atoms with Gasteiger partial charge in [0.25, 0.3) is 0 Å². The lowest BCUT2D eigenvalue weighted by molar-refractivity contribution is 0.00578. The molecule has 0 bridgehead atoms. The summed E-state index contributed by atoms with van der Waals surface area (Å²) in [7, 11) is -3.56. The molecule has 2 fully saturated rings. The highest BCUT2D eigenvalue weighted by atomic mass is 32.2. The van der Waals surface area contributed by atoms with E-state index in [0.29, 0.717) is 18.7 Å². The second-order valence-electron chi connectivity index (χ2n) is 6.92. The summed E-state index contributed by atoms with van der Waals surface area (Å²) < 4.78 is 37.4. The van der Waals surface area contributed by atoms with Crippen molar-refractivity contribution in [2.24, 2.45) is 0 Å². The van der Waals surface area contributed by atoms with E-state index in [-0.39, 0.29) is 17.0 Å². The molecule has 2 heterocycles. The molecule has 0 N–H and O–H groups in total. The molecule has 0 amide bonds. The van der Waals surface area contributed by atoms with Crippen molar-refractivity contribution in [1.29, 1.82) is 0 Å². The first-order valence-corrected chi connectivity index (χ1v) is 9.19. The van der Waals surface area contributed by atoms with E-state index in [1.165, 1.54) is 4.31 Å². The summed E-state index contributed by atoms with van der Waals surface area (Å²) in [6.45, 7) is 8.60. The number of hydrogen-bond donors (Lipinski definition) is 0. The van der Waals surface area contributed by atoms with Gasteiger partial charge in [-0.25, -0.2) is 8.42 Å². The second-order valence-corrected chi connectivity index (χ2v) is 8.93. The molecule has 7 heteroatoms. The van der Waals surface area contributed by atoms with Gasteiger partial charge in [-0.3, -0.25) is 4.31 Å². The summed E-state index contributed by atoms with van der Waals surface area (Å²) in [5, 5.41) is 0. The Bertz CT molecular complexity index is 653. The lowest BCUT2D eigenvalue weighted by atomic mass is 9.79. The second kappa shape index (κ2) is 4.98. The van der Waals surface area contributed by atoms with Crippen molar-refractivity contribution in [2.75, 3.05) is 16.6 Å². The van der Waals surface area contributed by atoms with E-state index in [1.807, 2.05) is 52.0 Å². The molecule has 120 valence electrons. The average molecular weight is 323 g/mol. The largest absolute Gasteiger partial charge is 0.494 e. The normalized spacial score (nSPS) is 25.6. The summed E-state index contributed by atoms with van der Waals surface area (Å²) in [4.78, 5) is 0. The SMILES string of the molecule is CC1(C)OB(c2ccc(N3CCCS3(=O)=O)cc2)OC1(C)C. The number of anilines is 1. The molecule has 0 saturated carbocycles. The van der Waals surface area contributed by atoms with Gasteiger partial charge in [-0.15, -0.1) is 0 Å². The molecule has 5 nitrogen and oxygen atoms in total. The zero-order valence-corrected chi connectivity index (χ0v) is 14.3. The Kier molecular flexibility index (Phi) is 3.58. The minimum atomic E-state index is -3.14. The fraction of sp³-hybridized carbons (Fsp3) is 0.600. The van der Waals surface area contributed by atoms with Crippen molar-refractivity contribution in [3.05, 3.63) is 24.3 Å². The van der Waals surface area contributed by atoms with Gasteiger partial charge in [0, 0.05) is 6.54 Å². The van der Waals surface area contributed by atoms with Crippen LogP contribution in [0.5, 0.6) is 0 Å². The van der Waals surface area contributed by atoms with E-state index in [2.05, 4.69) is 0 Å². The Morgan fingerprint density at radius 1 is 1.05 bits per heavy atom. The van der Waals surface area contributed by atoms with Gasteiger partial charge in [0.1, 0.15) is 0 Å². The molecule has 0 aliphatic carbocycles. The van der Waals surface area contributed by atoms with Crippen LogP contribution < -0.4 is 9.77 Å². The highest BCUT2D eigenvalue weighted by Gasteiger charge is 2.51. The predicted octanol–water partition coefficient (Wildman–Crippen LogP) is 1.53. The van der Waals surface area contributed by atoms with Gasteiger partial charge in [0.2, 0.25) is 10.0 Å². The summed E-state index contributed by atoms with van der Waals surface area (Å²) >= 11 is 0. The van der Waals surface area contributed by atoms with Crippen molar-refractivity contribution in [1.82, 2.24) is 0 Å². The van der Waals surface area contributed by atoms with Gasteiger partial charge in [-0.2, -0.15) is 0 Å². The van der Waals surface area contributed by atoms with E-state index in [9.17, 15) is 8.42 Å². The summed E-state index contributed by atoms with van der Waals surface area (Å²) in [6.07, 6.45) is 0.682. The molecular weight excluding hydrogens is 301 g/mol. The maximum Gasteiger partial charge on any atom is 0.494 e. The van der Waals surface area contributed by atoms with Crippen molar-refractivity contribution in [2.45, 2.75) is 45.3 Å². The van der Waals surface area contributed by atoms with Gasteiger partial charge < -0.3 is 9.31 Å². The van der Waals surface area contributed by atoms with Crippen molar-refractivity contribution in [3.63, 3.8) is 0 Å². The van der Waals surface area contributed by atoms with Crippen LogP contribution in [0.4, 0.5) is 5.69 Å². The van der Waals surface area contributed by atoms with Crippen LogP contribution in [0.15, 0.2) is 24.3 Å². The first-order valence-electron chi connectivity index (χ1n) is 7.58. The Morgan fingerprint density at radius 3 is 2.05 bits per heavy atom. The van der Waals surface area contributed by atoms with Crippen LogP contribution in [-0.2, 0) is 19.3 Å². The molecule has 22 heavy (non-hydrogen) atoms. The highest BCUT2D eigenvalue weighted by molar-refractivity contribution is 7.93. The topological polar surface area (TPSA) is 55.8 Å². The van der Waals surface area contributed by atoms with Crippen LogP contribution in [0.25, 0.3) is 0 Å². The zero-order chi connectivity index (χ0) is 16.2. The molecule has 0 aromatic heterocycles.